The van der Waals surface area contributed by atoms with Crippen molar-refractivity contribution < 1.29 is 14.7 Å². The average molecular weight is 420 g/mol. The number of anilines is 1. The highest BCUT2D eigenvalue weighted by Gasteiger charge is 2.53. The van der Waals surface area contributed by atoms with Crippen LogP contribution < -0.4 is 4.90 Å². The molecule has 4 rings (SSSR count). The lowest BCUT2D eigenvalue weighted by Crippen LogP contribution is -2.73. The maximum Gasteiger partial charge on any atom is 0.335 e. The van der Waals surface area contributed by atoms with E-state index >= 15 is 0 Å². The van der Waals surface area contributed by atoms with Gasteiger partial charge in [0, 0.05) is 54.1 Å². The predicted octanol–water partition coefficient (Wildman–Crippen LogP) is 3.94. The van der Waals surface area contributed by atoms with Crippen molar-refractivity contribution in [3.05, 3.63) is 64.7 Å². The van der Waals surface area contributed by atoms with Crippen LogP contribution in [0.15, 0.2) is 48.5 Å². The van der Waals surface area contributed by atoms with Crippen molar-refractivity contribution in [2.75, 3.05) is 31.1 Å². The van der Waals surface area contributed by atoms with Gasteiger partial charge in [-0.25, -0.2) is 14.0 Å². The number of urea groups is 1. The summed E-state index contributed by atoms with van der Waals surface area (Å²) >= 11 is 12.1. The summed E-state index contributed by atoms with van der Waals surface area (Å²) in [7, 11) is 0. The molecule has 0 aromatic heterocycles. The van der Waals surface area contributed by atoms with Gasteiger partial charge in [0.25, 0.3) is 0 Å². The van der Waals surface area contributed by atoms with Crippen LogP contribution in [0.3, 0.4) is 0 Å². The molecule has 1 spiro atoms. The molecule has 0 unspecified atom stereocenters. The summed E-state index contributed by atoms with van der Waals surface area (Å²) in [4.78, 5) is 27.4. The molecule has 0 bridgehead atoms. The monoisotopic (exact) mass is 419 g/mol. The van der Waals surface area contributed by atoms with Gasteiger partial charge in [-0.15, -0.1) is 0 Å². The Bertz CT molecular complexity index is 888. The second-order valence-electron chi connectivity index (χ2n) is 7.49. The van der Waals surface area contributed by atoms with Gasteiger partial charge < -0.3 is 14.9 Å². The quantitative estimate of drug-likeness (QED) is 0.762. The molecule has 1 N–H and O–H groups in total. The number of rotatable bonds is 4. The lowest BCUT2D eigenvalue weighted by molar-refractivity contribution is 0.00171. The number of nitrogens with zero attached hydrogens (tertiary/aromatic N) is 3. The van der Waals surface area contributed by atoms with Crippen molar-refractivity contribution >= 4 is 41.1 Å². The second kappa shape index (κ2) is 7.18. The Morgan fingerprint density at radius 1 is 1.00 bits per heavy atom. The number of carboxylic acid groups (broad SMARTS) is 1. The molecule has 2 aromatic carbocycles. The minimum absolute atomic E-state index is 0.110. The van der Waals surface area contributed by atoms with Crippen LogP contribution in [0.1, 0.15) is 15.9 Å². The standard InChI is InChI=1S/C20H19Cl2N3O3/c21-16-5-1-14(2-6-16)9-25(22)19(28)24-12-20(13-24)10-23(11-20)17-7-3-15(4-8-17)18(26)27/h1-8H,9-13H2,(H,26,27). The lowest BCUT2D eigenvalue weighted by Gasteiger charge is -2.61. The number of amides is 2. The molecule has 0 atom stereocenters. The number of likely N-dealkylation sites (tertiary alicyclic amines) is 1. The SMILES string of the molecule is O=C(O)c1ccc(N2CC3(CN(C(=O)N(Cl)Cc4ccc(Cl)cc4)C3)C2)cc1. The highest BCUT2D eigenvalue weighted by atomic mass is 35.5. The van der Waals surface area contributed by atoms with E-state index in [2.05, 4.69) is 4.90 Å². The molecule has 0 saturated carbocycles. The molecular formula is C20H19Cl2N3O3. The molecule has 2 heterocycles. The molecule has 6 nitrogen and oxygen atoms in total. The first-order valence-electron chi connectivity index (χ1n) is 8.90. The Hall–Kier alpha value is -2.44. The van der Waals surface area contributed by atoms with E-state index < -0.39 is 5.97 Å². The molecule has 28 heavy (non-hydrogen) atoms. The van der Waals surface area contributed by atoms with E-state index in [0.717, 1.165) is 24.3 Å². The highest BCUT2D eigenvalue weighted by Crippen LogP contribution is 2.42. The van der Waals surface area contributed by atoms with Gasteiger partial charge in [0.2, 0.25) is 0 Å². The van der Waals surface area contributed by atoms with Gasteiger partial charge >= 0.3 is 12.0 Å². The third-order valence-electron chi connectivity index (χ3n) is 5.30. The Kier molecular flexibility index (Phi) is 4.85. The van der Waals surface area contributed by atoms with Gasteiger partial charge in [0.15, 0.2) is 0 Å². The van der Waals surface area contributed by atoms with Crippen LogP contribution in [0.2, 0.25) is 5.02 Å². The second-order valence-corrected chi connectivity index (χ2v) is 8.34. The van der Waals surface area contributed by atoms with Gasteiger partial charge in [0.1, 0.15) is 0 Å². The number of hydrogen-bond acceptors (Lipinski definition) is 3. The summed E-state index contributed by atoms with van der Waals surface area (Å²) in [6.45, 7) is 3.38. The van der Waals surface area contributed by atoms with Crippen molar-refractivity contribution in [3.8, 4) is 0 Å². The maximum absolute atomic E-state index is 12.5. The molecule has 2 fully saturated rings. The summed E-state index contributed by atoms with van der Waals surface area (Å²) in [5, 5.41) is 9.62. The number of carbonyl (C=O) groups excluding carboxylic acids is 1. The van der Waals surface area contributed by atoms with E-state index in [9.17, 15) is 9.59 Å². The van der Waals surface area contributed by atoms with Crippen molar-refractivity contribution in [2.24, 2.45) is 5.41 Å². The predicted molar refractivity (Wildman–Crippen MR) is 108 cm³/mol. The number of carboxylic acids is 1. The summed E-state index contributed by atoms with van der Waals surface area (Å²) in [6.07, 6.45) is 0. The largest absolute Gasteiger partial charge is 0.478 e. The fraction of sp³-hybridized carbons (Fsp3) is 0.300. The summed E-state index contributed by atoms with van der Waals surface area (Å²) in [6, 6.07) is 13.9. The van der Waals surface area contributed by atoms with E-state index in [-0.39, 0.29) is 17.0 Å². The van der Waals surface area contributed by atoms with E-state index in [0.29, 0.717) is 24.7 Å². The topological polar surface area (TPSA) is 64.1 Å². The zero-order valence-electron chi connectivity index (χ0n) is 15.0. The Labute approximate surface area is 173 Å². The molecule has 2 amide bonds. The summed E-state index contributed by atoms with van der Waals surface area (Å²) in [5.41, 5.74) is 2.31. The normalized spacial score (nSPS) is 17.1. The van der Waals surface area contributed by atoms with Crippen LogP contribution in [-0.4, -0.2) is 52.6 Å². The molecule has 2 saturated heterocycles. The van der Waals surface area contributed by atoms with Crippen molar-refractivity contribution in [3.63, 3.8) is 0 Å². The molecule has 0 radical (unpaired) electrons. The first-order valence-corrected chi connectivity index (χ1v) is 9.62. The fourth-order valence-electron chi connectivity index (χ4n) is 3.83. The molecule has 0 aliphatic carbocycles. The number of benzene rings is 2. The van der Waals surface area contributed by atoms with Crippen molar-refractivity contribution in [1.29, 1.82) is 0 Å². The smallest absolute Gasteiger partial charge is 0.335 e. The van der Waals surface area contributed by atoms with E-state index in [4.69, 9.17) is 28.5 Å². The Balaban J connectivity index is 1.27. The number of halogens is 2. The van der Waals surface area contributed by atoms with Crippen LogP contribution in [0.25, 0.3) is 0 Å². The van der Waals surface area contributed by atoms with E-state index in [1.807, 2.05) is 24.3 Å². The van der Waals surface area contributed by atoms with Crippen LogP contribution in [-0.2, 0) is 6.54 Å². The molecular weight excluding hydrogens is 401 g/mol. The van der Waals surface area contributed by atoms with Gasteiger partial charge in [0.05, 0.1) is 12.1 Å². The average Bonchev–Trinajstić information content (AvgIpc) is 2.61. The van der Waals surface area contributed by atoms with E-state index in [1.54, 1.807) is 29.2 Å². The van der Waals surface area contributed by atoms with Crippen molar-refractivity contribution in [1.82, 2.24) is 9.32 Å². The maximum atomic E-state index is 12.5. The summed E-state index contributed by atoms with van der Waals surface area (Å²) in [5.74, 6) is -0.927. The number of hydrogen-bond donors (Lipinski definition) is 1. The number of aromatic carboxylic acids is 1. The van der Waals surface area contributed by atoms with Gasteiger partial charge in [-0.2, -0.15) is 0 Å². The minimum Gasteiger partial charge on any atom is -0.478 e. The number of carbonyl (C=O) groups is 2. The zero-order valence-corrected chi connectivity index (χ0v) is 16.5. The molecule has 8 heteroatoms. The van der Waals surface area contributed by atoms with Crippen LogP contribution in [0, 0.1) is 5.41 Å². The third kappa shape index (κ3) is 3.62. The zero-order chi connectivity index (χ0) is 19.9. The molecule has 2 aliphatic heterocycles. The lowest BCUT2D eigenvalue weighted by atomic mass is 9.72. The van der Waals surface area contributed by atoms with Crippen molar-refractivity contribution in [2.45, 2.75) is 6.54 Å². The molecule has 2 aromatic rings. The van der Waals surface area contributed by atoms with Gasteiger partial charge in [-0.1, -0.05) is 23.7 Å². The van der Waals surface area contributed by atoms with Crippen LogP contribution >= 0.6 is 23.4 Å². The first kappa shape index (κ1) is 18.9. The Morgan fingerprint density at radius 2 is 1.61 bits per heavy atom. The molecule has 2 aliphatic rings. The molecule has 146 valence electrons. The third-order valence-corrected chi connectivity index (χ3v) is 5.81. The summed E-state index contributed by atoms with van der Waals surface area (Å²) < 4.78 is 1.21. The minimum atomic E-state index is -0.927. The van der Waals surface area contributed by atoms with Gasteiger partial charge in [-0.3, -0.25) is 0 Å². The van der Waals surface area contributed by atoms with Crippen LogP contribution in [0.5, 0.6) is 0 Å². The van der Waals surface area contributed by atoms with Gasteiger partial charge in [-0.05, 0) is 42.0 Å². The first-order chi connectivity index (χ1) is 13.3. The Morgan fingerprint density at radius 3 is 2.18 bits per heavy atom. The fourth-order valence-corrected chi connectivity index (χ4v) is 4.20. The van der Waals surface area contributed by atoms with E-state index in [1.165, 1.54) is 4.42 Å². The van der Waals surface area contributed by atoms with Crippen LogP contribution in [0.4, 0.5) is 10.5 Å². The highest BCUT2D eigenvalue weighted by molar-refractivity contribution is 6.30.